The Morgan fingerprint density at radius 3 is 2.66 bits per heavy atom. The second-order valence-electron chi connectivity index (χ2n) is 8.26. The largest absolute Gasteiger partial charge is 0.356 e. The van der Waals surface area contributed by atoms with E-state index in [0.29, 0.717) is 32.0 Å². The Balaban J connectivity index is 1.81. The Morgan fingerprint density at radius 2 is 1.97 bits per heavy atom. The van der Waals surface area contributed by atoms with Gasteiger partial charge in [-0.2, -0.15) is 0 Å². The number of benzene rings is 1. The maximum atomic E-state index is 12.8. The van der Waals surface area contributed by atoms with Gasteiger partial charge in [-0.1, -0.05) is 63.4 Å². The molecule has 2 atom stereocenters. The number of hydrogen-bond acceptors (Lipinski definition) is 3. The molecule has 1 N–H and O–H groups in total. The predicted molar refractivity (Wildman–Crippen MR) is 119 cm³/mol. The van der Waals surface area contributed by atoms with Crippen LogP contribution in [0.2, 0.25) is 0 Å². The van der Waals surface area contributed by atoms with Crippen LogP contribution in [0.25, 0.3) is 0 Å². The quantitative estimate of drug-likeness (QED) is 0.554. The first-order valence-corrected chi connectivity index (χ1v) is 12.9. The average molecular weight is 423 g/mol. The zero-order chi connectivity index (χ0) is 21.1. The van der Waals surface area contributed by atoms with E-state index >= 15 is 0 Å². The van der Waals surface area contributed by atoms with E-state index in [4.69, 9.17) is 0 Å². The number of aryl methyl sites for hydroxylation is 1. The molecule has 6 heteroatoms. The van der Waals surface area contributed by atoms with Crippen LogP contribution in [0.3, 0.4) is 0 Å². The molecule has 0 saturated carbocycles. The summed E-state index contributed by atoms with van der Waals surface area (Å²) in [7, 11) is -3.31. The molecule has 0 aliphatic carbocycles. The van der Waals surface area contributed by atoms with E-state index in [0.717, 1.165) is 37.7 Å². The minimum atomic E-state index is -3.31. The van der Waals surface area contributed by atoms with Crippen molar-refractivity contribution >= 4 is 15.9 Å². The summed E-state index contributed by atoms with van der Waals surface area (Å²) >= 11 is 0. The SMILES string of the molecule is CCCC[C@H](CC)CNC(=O)[C@@H]1CCCN(S(=O)(=O)CCCc2ccccc2)C1. The number of carbonyl (C=O) groups is 1. The van der Waals surface area contributed by atoms with E-state index in [1.807, 2.05) is 30.3 Å². The van der Waals surface area contributed by atoms with Crippen molar-refractivity contribution in [3.8, 4) is 0 Å². The third kappa shape index (κ3) is 8.09. The lowest BCUT2D eigenvalue weighted by molar-refractivity contribution is -0.126. The van der Waals surface area contributed by atoms with Gasteiger partial charge in [-0.3, -0.25) is 4.79 Å². The summed E-state index contributed by atoms with van der Waals surface area (Å²) in [5, 5.41) is 3.09. The van der Waals surface area contributed by atoms with Crippen LogP contribution in [0, 0.1) is 11.8 Å². The Labute approximate surface area is 177 Å². The molecule has 0 aromatic heterocycles. The zero-order valence-electron chi connectivity index (χ0n) is 18.1. The number of unbranched alkanes of at least 4 members (excludes halogenated alkanes) is 1. The van der Waals surface area contributed by atoms with Gasteiger partial charge in [0, 0.05) is 19.6 Å². The summed E-state index contributed by atoms with van der Waals surface area (Å²) < 4.78 is 27.1. The molecule has 1 aromatic rings. The third-order valence-corrected chi connectivity index (χ3v) is 7.89. The molecular formula is C23H38N2O3S. The van der Waals surface area contributed by atoms with Crippen LogP contribution >= 0.6 is 0 Å². The van der Waals surface area contributed by atoms with Crippen LogP contribution in [0.15, 0.2) is 30.3 Å². The van der Waals surface area contributed by atoms with Gasteiger partial charge in [0.2, 0.25) is 15.9 Å². The smallest absolute Gasteiger partial charge is 0.224 e. The second-order valence-corrected chi connectivity index (χ2v) is 10.4. The first-order chi connectivity index (χ1) is 14.0. The van der Waals surface area contributed by atoms with Gasteiger partial charge < -0.3 is 5.32 Å². The summed E-state index contributed by atoms with van der Waals surface area (Å²) in [4.78, 5) is 12.6. The summed E-state index contributed by atoms with van der Waals surface area (Å²) in [5.41, 5.74) is 1.16. The van der Waals surface area contributed by atoms with E-state index in [2.05, 4.69) is 19.2 Å². The Morgan fingerprint density at radius 1 is 1.21 bits per heavy atom. The summed E-state index contributed by atoms with van der Waals surface area (Å²) in [6.45, 7) is 5.91. The number of piperidine rings is 1. The molecule has 1 fully saturated rings. The molecule has 164 valence electrons. The number of nitrogens with one attached hydrogen (secondary N) is 1. The van der Waals surface area contributed by atoms with Crippen LogP contribution in [0.5, 0.6) is 0 Å². The Kier molecular flexibility index (Phi) is 10.2. The molecule has 0 unspecified atom stereocenters. The molecule has 29 heavy (non-hydrogen) atoms. The highest BCUT2D eigenvalue weighted by Gasteiger charge is 2.32. The van der Waals surface area contributed by atoms with Crippen molar-refractivity contribution in [2.75, 3.05) is 25.4 Å². The van der Waals surface area contributed by atoms with Crippen molar-refractivity contribution in [1.82, 2.24) is 9.62 Å². The molecule has 1 amide bonds. The van der Waals surface area contributed by atoms with Crippen molar-refractivity contribution in [3.63, 3.8) is 0 Å². The van der Waals surface area contributed by atoms with E-state index in [-0.39, 0.29) is 17.6 Å². The molecule has 1 aliphatic rings. The van der Waals surface area contributed by atoms with Crippen molar-refractivity contribution in [1.29, 1.82) is 0 Å². The molecule has 1 aromatic carbocycles. The molecule has 1 heterocycles. The van der Waals surface area contributed by atoms with Gasteiger partial charge >= 0.3 is 0 Å². The number of sulfonamides is 1. The van der Waals surface area contributed by atoms with Gasteiger partial charge in [0.05, 0.1) is 11.7 Å². The standard InChI is InChI=1S/C23H38N2O3S/c1-3-5-11-20(4-2)18-24-23(26)22-15-9-16-25(19-22)29(27,28)17-10-14-21-12-7-6-8-13-21/h6-8,12-13,20,22H,3-5,9-11,14-19H2,1-2H3,(H,24,26)/t20-,22+/m0/s1. The number of amides is 1. The Hall–Kier alpha value is -1.40. The molecule has 0 radical (unpaired) electrons. The fourth-order valence-electron chi connectivity index (χ4n) is 3.97. The van der Waals surface area contributed by atoms with Gasteiger partial charge in [0.15, 0.2) is 0 Å². The van der Waals surface area contributed by atoms with Crippen LogP contribution in [-0.4, -0.2) is 44.0 Å². The minimum Gasteiger partial charge on any atom is -0.356 e. The number of nitrogens with zero attached hydrogens (tertiary/aromatic N) is 1. The van der Waals surface area contributed by atoms with Gasteiger partial charge in [0.25, 0.3) is 0 Å². The highest BCUT2D eigenvalue weighted by Crippen LogP contribution is 2.21. The highest BCUT2D eigenvalue weighted by molar-refractivity contribution is 7.89. The number of carbonyl (C=O) groups excluding carboxylic acids is 1. The molecule has 1 saturated heterocycles. The third-order valence-electron chi connectivity index (χ3n) is 5.97. The lowest BCUT2D eigenvalue weighted by Crippen LogP contribution is -2.46. The molecular weight excluding hydrogens is 384 g/mol. The van der Waals surface area contributed by atoms with Gasteiger partial charge in [0.1, 0.15) is 0 Å². The predicted octanol–water partition coefficient (Wildman–Crippen LogP) is 3.99. The van der Waals surface area contributed by atoms with Crippen LogP contribution < -0.4 is 5.32 Å². The van der Waals surface area contributed by atoms with Crippen LogP contribution in [0.1, 0.15) is 64.4 Å². The lowest BCUT2D eigenvalue weighted by Gasteiger charge is -2.31. The van der Waals surface area contributed by atoms with Crippen molar-refractivity contribution in [3.05, 3.63) is 35.9 Å². The van der Waals surface area contributed by atoms with Crippen LogP contribution in [-0.2, 0) is 21.2 Å². The maximum Gasteiger partial charge on any atom is 0.224 e. The normalized spacial score (nSPS) is 19.0. The van der Waals surface area contributed by atoms with Gasteiger partial charge in [-0.05, 0) is 43.6 Å². The summed E-state index contributed by atoms with van der Waals surface area (Å²) in [6.07, 6.45) is 7.45. The maximum absolute atomic E-state index is 12.8. The molecule has 5 nitrogen and oxygen atoms in total. The van der Waals surface area contributed by atoms with E-state index in [1.165, 1.54) is 12.8 Å². The summed E-state index contributed by atoms with van der Waals surface area (Å²) in [5.74, 6) is 0.450. The van der Waals surface area contributed by atoms with Crippen molar-refractivity contribution in [2.24, 2.45) is 11.8 Å². The minimum absolute atomic E-state index is 0.0177. The molecule has 2 rings (SSSR count). The first kappa shape index (κ1) is 23.9. The fraction of sp³-hybridized carbons (Fsp3) is 0.696. The Bertz CT molecular complexity index is 706. The lowest BCUT2D eigenvalue weighted by atomic mass is 9.96. The van der Waals surface area contributed by atoms with Crippen molar-refractivity contribution in [2.45, 2.75) is 65.2 Å². The van der Waals surface area contributed by atoms with E-state index < -0.39 is 10.0 Å². The average Bonchev–Trinajstić information content (AvgIpc) is 2.74. The highest BCUT2D eigenvalue weighted by atomic mass is 32.2. The van der Waals surface area contributed by atoms with Gasteiger partial charge in [-0.25, -0.2) is 12.7 Å². The number of rotatable bonds is 12. The molecule has 0 bridgehead atoms. The van der Waals surface area contributed by atoms with Gasteiger partial charge in [-0.15, -0.1) is 0 Å². The first-order valence-electron chi connectivity index (χ1n) is 11.3. The topological polar surface area (TPSA) is 66.5 Å². The molecule has 1 aliphatic heterocycles. The fourth-order valence-corrected chi connectivity index (χ4v) is 5.56. The molecule has 0 spiro atoms. The van der Waals surface area contributed by atoms with E-state index in [1.54, 1.807) is 4.31 Å². The zero-order valence-corrected chi connectivity index (χ0v) is 18.9. The monoisotopic (exact) mass is 422 g/mol. The van der Waals surface area contributed by atoms with Crippen molar-refractivity contribution < 1.29 is 13.2 Å². The number of hydrogen-bond donors (Lipinski definition) is 1. The van der Waals surface area contributed by atoms with E-state index in [9.17, 15) is 13.2 Å². The van der Waals surface area contributed by atoms with Crippen LogP contribution in [0.4, 0.5) is 0 Å². The summed E-state index contributed by atoms with van der Waals surface area (Å²) in [6, 6.07) is 9.97. The second kappa shape index (κ2) is 12.3.